The fourth-order valence-electron chi connectivity index (χ4n) is 4.67. The van der Waals surface area contributed by atoms with Crippen LogP contribution >= 0.6 is 0 Å². The van der Waals surface area contributed by atoms with Crippen molar-refractivity contribution in [2.24, 2.45) is 0 Å². The Balaban J connectivity index is 1.53. The van der Waals surface area contributed by atoms with Crippen molar-refractivity contribution in [1.29, 1.82) is 5.26 Å². The van der Waals surface area contributed by atoms with E-state index >= 15 is 0 Å². The number of carbonyl (C=O) groups excluding carboxylic acids is 1. The second kappa shape index (κ2) is 6.83. The summed E-state index contributed by atoms with van der Waals surface area (Å²) in [6.07, 6.45) is -0.159. The van der Waals surface area contributed by atoms with Crippen molar-refractivity contribution in [3.8, 4) is 17.6 Å². The number of phenolic OH excluding ortho intramolecular Hbond substituents is 1. The van der Waals surface area contributed by atoms with Gasteiger partial charge in [0.25, 0.3) is 0 Å². The number of ketones is 1. The molecule has 5 rings (SSSR count). The number of aromatic amines is 1. The van der Waals surface area contributed by atoms with Gasteiger partial charge >= 0.3 is 0 Å². The van der Waals surface area contributed by atoms with E-state index in [1.165, 1.54) is 6.07 Å². The highest BCUT2D eigenvalue weighted by atomic mass is 16.7. The van der Waals surface area contributed by atoms with Gasteiger partial charge in [-0.05, 0) is 43.7 Å². The molecule has 2 heterocycles. The Kier molecular flexibility index (Phi) is 4.39. The van der Waals surface area contributed by atoms with E-state index in [1.807, 2.05) is 39.8 Å². The van der Waals surface area contributed by atoms with E-state index in [-0.39, 0.29) is 23.2 Å². The van der Waals surface area contributed by atoms with E-state index in [4.69, 9.17) is 14.2 Å². The molecule has 1 saturated heterocycles. The summed E-state index contributed by atoms with van der Waals surface area (Å²) < 4.78 is 17.4. The molecule has 2 aliphatic rings. The first-order chi connectivity index (χ1) is 15.1. The zero-order chi connectivity index (χ0) is 22.8. The molecule has 1 unspecified atom stereocenters. The van der Waals surface area contributed by atoms with E-state index in [9.17, 15) is 15.2 Å². The van der Waals surface area contributed by atoms with Crippen LogP contribution in [0.5, 0.6) is 11.5 Å². The zero-order valence-corrected chi connectivity index (χ0v) is 18.4. The normalized spacial score (nSPS) is 20.6. The number of phenols is 1. The molecule has 3 aromatic rings. The van der Waals surface area contributed by atoms with Gasteiger partial charge in [-0.3, -0.25) is 4.79 Å². The van der Waals surface area contributed by atoms with E-state index < -0.39 is 11.2 Å². The molecule has 1 fully saturated rings. The van der Waals surface area contributed by atoms with Gasteiger partial charge in [0.05, 0.1) is 23.3 Å². The smallest absolute Gasteiger partial charge is 0.195 e. The number of hydrogen-bond acceptors (Lipinski definition) is 6. The van der Waals surface area contributed by atoms with E-state index in [2.05, 4.69) is 4.98 Å². The SMILES string of the molecule is CC1(C)OCC(COc2ccc3c(c2)C(C)(C)c2[nH]c4c(O)c(C#N)ccc4c2C3=O)O1. The quantitative estimate of drug-likeness (QED) is 0.644. The first-order valence-corrected chi connectivity index (χ1v) is 10.5. The van der Waals surface area contributed by atoms with Gasteiger partial charge in [-0.2, -0.15) is 5.26 Å². The van der Waals surface area contributed by atoms with Crippen molar-refractivity contribution in [2.75, 3.05) is 13.2 Å². The van der Waals surface area contributed by atoms with Gasteiger partial charge < -0.3 is 24.3 Å². The lowest BCUT2D eigenvalue weighted by Crippen LogP contribution is -2.30. The van der Waals surface area contributed by atoms with Gasteiger partial charge in [-0.25, -0.2) is 0 Å². The molecule has 2 aromatic carbocycles. The van der Waals surface area contributed by atoms with Crippen molar-refractivity contribution < 1.29 is 24.1 Å². The minimum Gasteiger partial charge on any atom is -0.504 e. The molecule has 1 aliphatic heterocycles. The number of fused-ring (bicyclic) bond motifs is 4. The highest BCUT2D eigenvalue weighted by Gasteiger charge is 2.40. The van der Waals surface area contributed by atoms with Crippen molar-refractivity contribution >= 4 is 16.7 Å². The lowest BCUT2D eigenvalue weighted by atomic mass is 9.71. The molecule has 0 spiro atoms. The van der Waals surface area contributed by atoms with Crippen LogP contribution in [0.4, 0.5) is 0 Å². The molecule has 1 atom stereocenters. The molecule has 2 N–H and O–H groups in total. The van der Waals surface area contributed by atoms with Crippen LogP contribution in [0.15, 0.2) is 30.3 Å². The highest BCUT2D eigenvalue weighted by molar-refractivity contribution is 6.20. The number of aromatic hydroxyl groups is 1. The molecule has 7 nitrogen and oxygen atoms in total. The summed E-state index contributed by atoms with van der Waals surface area (Å²) in [6, 6.07) is 10.7. The van der Waals surface area contributed by atoms with E-state index in [0.29, 0.717) is 46.7 Å². The third kappa shape index (κ3) is 2.99. The maximum atomic E-state index is 13.4. The molecular formula is C25H24N2O5. The number of aromatic nitrogens is 1. The second-order valence-corrected chi connectivity index (χ2v) is 9.29. The number of rotatable bonds is 3. The molecule has 0 bridgehead atoms. The van der Waals surface area contributed by atoms with Gasteiger partial charge in [-0.1, -0.05) is 19.9 Å². The number of nitriles is 1. The molecule has 1 aliphatic carbocycles. The number of benzene rings is 2. The Morgan fingerprint density at radius 1 is 1.25 bits per heavy atom. The standard InChI is InChI=1S/C25H24N2O5/c1-24(2)18-9-14(30-11-15-12-31-25(3,4)32-15)6-8-16(18)22(29)19-17-7-5-13(10-26)21(28)20(17)27-23(19)24/h5-9,15,27-28H,11-12H2,1-4H3. The van der Waals surface area contributed by atoms with Crippen molar-refractivity contribution in [1.82, 2.24) is 4.98 Å². The van der Waals surface area contributed by atoms with Crippen molar-refractivity contribution in [2.45, 2.75) is 45.0 Å². The Labute approximate surface area is 185 Å². The molecule has 32 heavy (non-hydrogen) atoms. The van der Waals surface area contributed by atoms with Crippen molar-refractivity contribution in [3.05, 3.63) is 58.3 Å². The van der Waals surface area contributed by atoms with Crippen LogP contribution in [0.25, 0.3) is 10.9 Å². The molecule has 0 radical (unpaired) electrons. The maximum absolute atomic E-state index is 13.4. The lowest BCUT2D eigenvalue weighted by Gasteiger charge is -2.32. The van der Waals surface area contributed by atoms with Crippen molar-refractivity contribution in [3.63, 3.8) is 0 Å². The molecule has 1 aromatic heterocycles. The molecule has 7 heteroatoms. The van der Waals surface area contributed by atoms with Gasteiger partial charge in [0.2, 0.25) is 0 Å². The number of nitrogens with zero attached hydrogens (tertiary/aromatic N) is 1. The average Bonchev–Trinajstić information content (AvgIpc) is 3.32. The first-order valence-electron chi connectivity index (χ1n) is 10.5. The number of H-pyrrole nitrogens is 1. The summed E-state index contributed by atoms with van der Waals surface area (Å²) in [4.78, 5) is 16.7. The third-order valence-electron chi connectivity index (χ3n) is 6.33. The lowest BCUT2D eigenvalue weighted by molar-refractivity contribution is -0.141. The number of hydrogen-bond donors (Lipinski definition) is 2. The minimum atomic E-state index is -0.610. The van der Waals surface area contributed by atoms with Crippen LogP contribution < -0.4 is 4.74 Å². The van der Waals surface area contributed by atoms with Crippen LogP contribution in [0.3, 0.4) is 0 Å². The molecule has 164 valence electrons. The Morgan fingerprint density at radius 2 is 2.03 bits per heavy atom. The van der Waals surface area contributed by atoms with Gasteiger partial charge in [0, 0.05) is 22.1 Å². The van der Waals surface area contributed by atoms with Crippen LogP contribution in [0, 0.1) is 11.3 Å². The Bertz CT molecular complexity index is 1310. The summed E-state index contributed by atoms with van der Waals surface area (Å²) in [6.45, 7) is 8.60. The zero-order valence-electron chi connectivity index (χ0n) is 18.4. The van der Waals surface area contributed by atoms with Crippen LogP contribution in [-0.4, -0.2) is 41.0 Å². The summed E-state index contributed by atoms with van der Waals surface area (Å²) in [5.74, 6) is -0.225. The molecule has 0 saturated carbocycles. The highest BCUT2D eigenvalue weighted by Crippen LogP contribution is 2.46. The first kappa shape index (κ1) is 20.6. The van der Waals surface area contributed by atoms with Crippen LogP contribution in [-0.2, 0) is 14.9 Å². The van der Waals surface area contributed by atoms with Gasteiger partial charge in [-0.15, -0.1) is 0 Å². The molecular weight excluding hydrogens is 408 g/mol. The fraction of sp³-hybridized carbons (Fsp3) is 0.360. The summed E-state index contributed by atoms with van der Waals surface area (Å²) in [5, 5.41) is 20.4. The summed E-state index contributed by atoms with van der Waals surface area (Å²) >= 11 is 0. The van der Waals surface area contributed by atoms with Gasteiger partial charge in [0.1, 0.15) is 24.5 Å². The summed E-state index contributed by atoms with van der Waals surface area (Å²) in [5.41, 5.74) is 2.69. The largest absolute Gasteiger partial charge is 0.504 e. The van der Waals surface area contributed by atoms with Crippen LogP contribution in [0.2, 0.25) is 0 Å². The van der Waals surface area contributed by atoms with E-state index in [0.717, 1.165) is 5.56 Å². The van der Waals surface area contributed by atoms with E-state index in [1.54, 1.807) is 18.2 Å². The Morgan fingerprint density at radius 3 is 2.72 bits per heavy atom. The maximum Gasteiger partial charge on any atom is 0.195 e. The Hall–Kier alpha value is -3.34. The number of nitrogens with one attached hydrogen (secondary N) is 1. The second-order valence-electron chi connectivity index (χ2n) is 9.29. The number of carbonyl (C=O) groups is 1. The fourth-order valence-corrected chi connectivity index (χ4v) is 4.67. The number of ether oxygens (including phenoxy) is 3. The predicted molar refractivity (Wildman–Crippen MR) is 117 cm³/mol. The minimum absolute atomic E-state index is 0.120. The predicted octanol–water partition coefficient (Wildman–Crippen LogP) is 4.15. The average molecular weight is 432 g/mol. The topological polar surface area (TPSA) is 105 Å². The van der Waals surface area contributed by atoms with Gasteiger partial charge in [0.15, 0.2) is 17.3 Å². The summed E-state index contributed by atoms with van der Waals surface area (Å²) in [7, 11) is 0. The van der Waals surface area contributed by atoms with Crippen LogP contribution in [0.1, 0.15) is 60.4 Å². The molecule has 0 amide bonds. The third-order valence-corrected chi connectivity index (χ3v) is 6.33. The monoisotopic (exact) mass is 432 g/mol.